The van der Waals surface area contributed by atoms with Gasteiger partial charge in [-0.15, -0.1) is 0 Å². The summed E-state index contributed by atoms with van der Waals surface area (Å²) in [6.07, 6.45) is 0. The van der Waals surface area contributed by atoms with Crippen LogP contribution in [0.3, 0.4) is 0 Å². The molecule has 21 nitrogen and oxygen atoms in total. The molecule has 41 heavy (non-hydrogen) atoms. The van der Waals surface area contributed by atoms with E-state index in [1.165, 1.54) is 0 Å². The van der Waals surface area contributed by atoms with Gasteiger partial charge in [0.2, 0.25) is 0 Å². The number of aliphatic hydroxyl groups excluding tert-OH is 3. The number of hydrogen-bond acceptors (Lipinski definition) is 21. The predicted octanol–water partition coefficient (Wildman–Crippen LogP) is -13.8. The standard InChI is InChI=1S/6C2H5NO2.3C2H6O.2Fe/c6*3-1-2(4)5;3*1-2-3;;/h6*1,3H2,(H,4,5);3*3H,2H2,1H3;;/q;;;;;;;;;2*+3/p-6. The Balaban J connectivity index is -0.0000000275. The van der Waals surface area contributed by atoms with Gasteiger partial charge in [-0.2, -0.15) is 0 Å². The number of aliphatic hydroxyl groups is 3. The van der Waals surface area contributed by atoms with E-state index in [2.05, 4.69) is 34.4 Å². The number of aliphatic carboxylic acids is 6. The largest absolute Gasteiger partial charge is 3.00 e. The summed E-state index contributed by atoms with van der Waals surface area (Å²) in [6.45, 7) is 3.46. The summed E-state index contributed by atoms with van der Waals surface area (Å²) in [5.74, 6) is -7.31. The maximum atomic E-state index is 9.13. The molecule has 0 rings (SSSR count). The normalized spacial score (nSPS) is 6.73. The molecule has 0 aromatic carbocycles. The fraction of sp³-hybridized carbons (Fsp3) is 0.667. The van der Waals surface area contributed by atoms with Crippen molar-refractivity contribution in [1.82, 2.24) is 0 Å². The summed E-state index contributed by atoms with van der Waals surface area (Å²) in [4.78, 5) is 54.8. The van der Waals surface area contributed by atoms with Gasteiger partial charge >= 0.3 is 34.1 Å². The van der Waals surface area contributed by atoms with E-state index in [1.807, 2.05) is 0 Å². The minimum absolute atomic E-state index is 0. The van der Waals surface area contributed by atoms with Crippen molar-refractivity contribution in [3.05, 3.63) is 0 Å². The number of nitrogens with two attached hydrogens (primary N) is 6. The minimum atomic E-state index is -1.22. The average Bonchev–Trinajstić information content (AvgIpc) is 2.87. The SMILES string of the molecule is CCO.CCO.CCO.NCC(=O)[O-].NCC(=O)[O-].NCC(=O)[O-].NCC(=O)[O-].NCC(=O)[O-].NCC(=O)[O-].[Fe+3].[Fe+3]. The molecule has 0 heterocycles. The van der Waals surface area contributed by atoms with Gasteiger partial charge in [-0.1, -0.05) is 0 Å². The third-order valence-electron chi connectivity index (χ3n) is 1.00. The van der Waals surface area contributed by atoms with E-state index in [1.54, 1.807) is 20.8 Å². The van der Waals surface area contributed by atoms with Crippen LogP contribution in [0.1, 0.15) is 20.8 Å². The molecule has 23 heteroatoms. The monoisotopic (exact) mass is 694 g/mol. The second-order valence-corrected chi connectivity index (χ2v) is 4.41. The van der Waals surface area contributed by atoms with E-state index in [-0.39, 0.29) is 93.2 Å². The molecule has 0 bridgehead atoms. The number of hydrogen-bond donors (Lipinski definition) is 9. The van der Waals surface area contributed by atoms with Gasteiger partial charge in [0.15, 0.2) is 0 Å². The van der Waals surface area contributed by atoms with Crippen LogP contribution < -0.4 is 65.0 Å². The molecular weight excluding hydrogens is 652 g/mol. The molecule has 0 amide bonds. The van der Waals surface area contributed by atoms with E-state index in [9.17, 15) is 0 Å². The minimum Gasteiger partial charge on any atom is -0.549 e. The first kappa shape index (κ1) is 71.6. The first-order chi connectivity index (χ1) is 17.9. The van der Waals surface area contributed by atoms with Crippen LogP contribution in [0, 0.1) is 0 Å². The van der Waals surface area contributed by atoms with E-state index in [0.717, 1.165) is 0 Å². The predicted molar refractivity (Wildman–Crippen MR) is 123 cm³/mol. The molecule has 250 valence electrons. The molecular formula is C18H42Fe2N6O15. The van der Waals surface area contributed by atoms with Gasteiger partial charge in [-0.25, -0.2) is 0 Å². The molecule has 0 aromatic rings. The second-order valence-electron chi connectivity index (χ2n) is 4.41. The summed E-state index contributed by atoms with van der Waals surface area (Å²) >= 11 is 0. The first-order valence-corrected chi connectivity index (χ1v) is 10.1. The van der Waals surface area contributed by atoms with Crippen LogP contribution in [0.25, 0.3) is 0 Å². The molecule has 0 aliphatic rings. The molecule has 0 unspecified atom stereocenters. The van der Waals surface area contributed by atoms with Crippen LogP contribution in [0.4, 0.5) is 0 Å². The third-order valence-corrected chi connectivity index (χ3v) is 1.00. The van der Waals surface area contributed by atoms with Gasteiger partial charge in [-0.3, -0.25) is 0 Å². The molecule has 2 radical (unpaired) electrons. The number of carboxylic acid groups (broad SMARTS) is 6. The number of rotatable bonds is 6. The number of carboxylic acids is 6. The van der Waals surface area contributed by atoms with Crippen molar-refractivity contribution in [2.75, 3.05) is 59.1 Å². The van der Waals surface area contributed by atoms with Crippen molar-refractivity contribution in [2.24, 2.45) is 34.4 Å². The van der Waals surface area contributed by atoms with Crippen molar-refractivity contribution in [3.63, 3.8) is 0 Å². The van der Waals surface area contributed by atoms with E-state index >= 15 is 0 Å². The van der Waals surface area contributed by atoms with Gasteiger partial charge in [0.1, 0.15) is 0 Å². The van der Waals surface area contributed by atoms with E-state index in [4.69, 9.17) is 74.7 Å². The Morgan fingerprint density at radius 2 is 0.415 bits per heavy atom. The zero-order chi connectivity index (χ0) is 33.8. The summed E-state index contributed by atoms with van der Waals surface area (Å²) < 4.78 is 0. The van der Waals surface area contributed by atoms with Crippen molar-refractivity contribution >= 4 is 35.8 Å². The van der Waals surface area contributed by atoms with Crippen LogP contribution in [0.15, 0.2) is 0 Å². The van der Waals surface area contributed by atoms with Gasteiger partial charge < -0.3 is 109 Å². The van der Waals surface area contributed by atoms with Crippen LogP contribution in [0.5, 0.6) is 0 Å². The maximum absolute atomic E-state index is 9.13. The quantitative estimate of drug-likeness (QED) is 0.116. The molecule has 0 aliphatic heterocycles. The van der Waals surface area contributed by atoms with Crippen LogP contribution in [-0.4, -0.2) is 110 Å². The molecule has 0 saturated heterocycles. The van der Waals surface area contributed by atoms with Gasteiger partial charge in [0, 0.05) is 59.1 Å². The van der Waals surface area contributed by atoms with Crippen LogP contribution in [0.2, 0.25) is 0 Å². The summed E-state index contributed by atoms with van der Waals surface area (Å²) in [7, 11) is 0. The Kier molecular flexibility index (Phi) is 145. The average molecular weight is 694 g/mol. The molecule has 0 spiro atoms. The van der Waals surface area contributed by atoms with Crippen molar-refractivity contribution < 1.29 is 109 Å². The van der Waals surface area contributed by atoms with E-state index in [0.29, 0.717) is 0 Å². The van der Waals surface area contributed by atoms with Crippen molar-refractivity contribution in [1.29, 1.82) is 0 Å². The van der Waals surface area contributed by atoms with Gasteiger partial charge in [0.05, 0.1) is 35.8 Å². The zero-order valence-electron chi connectivity index (χ0n) is 22.8. The number of carbonyl (C=O) groups excluding carboxylic acids is 6. The number of carbonyl (C=O) groups is 6. The zero-order valence-corrected chi connectivity index (χ0v) is 25.0. The fourth-order valence-electron chi connectivity index (χ4n) is 0. The van der Waals surface area contributed by atoms with Gasteiger partial charge in [-0.05, 0) is 20.8 Å². The first-order valence-electron chi connectivity index (χ1n) is 10.1. The molecule has 0 atom stereocenters. The maximum Gasteiger partial charge on any atom is 3.00 e. The fourth-order valence-corrected chi connectivity index (χ4v) is 0. The van der Waals surface area contributed by atoms with Crippen LogP contribution >= 0.6 is 0 Å². The summed E-state index contributed by atoms with van der Waals surface area (Å²) in [5, 5.41) is 77.5. The molecule has 0 aliphatic carbocycles. The molecule has 15 N–H and O–H groups in total. The summed E-state index contributed by atoms with van der Waals surface area (Å²) in [5.41, 5.74) is 27.1. The molecule has 0 aromatic heterocycles. The smallest absolute Gasteiger partial charge is 0.549 e. The van der Waals surface area contributed by atoms with Crippen LogP contribution in [-0.2, 0) is 62.9 Å². The Hall–Kier alpha value is -2.50. The van der Waals surface area contributed by atoms with Crippen molar-refractivity contribution in [2.45, 2.75) is 20.8 Å². The third kappa shape index (κ3) is 524. The Morgan fingerprint density at radius 3 is 0.415 bits per heavy atom. The summed E-state index contributed by atoms with van der Waals surface area (Å²) in [6, 6.07) is 0. The second kappa shape index (κ2) is 83.2. The topological polar surface area (TPSA) is 458 Å². The van der Waals surface area contributed by atoms with Crippen molar-refractivity contribution in [3.8, 4) is 0 Å². The Labute approximate surface area is 258 Å². The Bertz CT molecular complexity index is 425. The molecule has 0 saturated carbocycles. The van der Waals surface area contributed by atoms with Gasteiger partial charge in [0.25, 0.3) is 0 Å². The Morgan fingerprint density at radius 1 is 0.390 bits per heavy atom. The molecule has 0 fully saturated rings. The van der Waals surface area contributed by atoms with E-state index < -0.39 is 35.8 Å².